The second-order valence-electron chi connectivity index (χ2n) is 7.18. The summed E-state index contributed by atoms with van der Waals surface area (Å²) in [5.74, 6) is -1.21. The Kier molecular flexibility index (Phi) is 6.52. The van der Waals surface area contributed by atoms with Crippen molar-refractivity contribution in [2.45, 2.75) is 19.3 Å². The van der Waals surface area contributed by atoms with Crippen LogP contribution in [-0.4, -0.2) is 28.4 Å². The molecule has 1 unspecified atom stereocenters. The van der Waals surface area contributed by atoms with Crippen molar-refractivity contribution < 1.29 is 14.3 Å². The minimum atomic E-state index is -1.01. The molecule has 2 heterocycles. The van der Waals surface area contributed by atoms with Gasteiger partial charge in [-0.05, 0) is 49.4 Å². The van der Waals surface area contributed by atoms with Gasteiger partial charge >= 0.3 is 0 Å². The molecule has 0 aliphatic carbocycles. The first kappa shape index (κ1) is 22.6. The van der Waals surface area contributed by atoms with Crippen molar-refractivity contribution in [1.82, 2.24) is 9.97 Å². The molecule has 33 heavy (non-hydrogen) atoms. The van der Waals surface area contributed by atoms with Gasteiger partial charge in [0.1, 0.15) is 11.6 Å². The van der Waals surface area contributed by atoms with Crippen LogP contribution in [0.15, 0.2) is 47.3 Å². The Bertz CT molecular complexity index is 1280. The third kappa shape index (κ3) is 5.10. The molecule has 11 heteroatoms. The van der Waals surface area contributed by atoms with E-state index in [4.69, 9.17) is 27.9 Å². The molecule has 0 fully saturated rings. The van der Waals surface area contributed by atoms with E-state index in [0.29, 0.717) is 33.8 Å². The lowest BCUT2D eigenvalue weighted by Gasteiger charge is -2.23. The third-order valence-corrected chi connectivity index (χ3v) is 5.43. The van der Waals surface area contributed by atoms with Gasteiger partial charge in [-0.25, -0.2) is 0 Å². The lowest BCUT2D eigenvalue weighted by Crippen LogP contribution is -2.36. The van der Waals surface area contributed by atoms with Crippen LogP contribution in [0.2, 0.25) is 10.0 Å². The number of hydrogen-bond donors (Lipinski definition) is 4. The minimum absolute atomic E-state index is 0.00873. The predicted molar refractivity (Wildman–Crippen MR) is 127 cm³/mol. The molecular weight excluding hydrogens is 469 g/mol. The van der Waals surface area contributed by atoms with Crippen LogP contribution in [0.5, 0.6) is 5.75 Å². The van der Waals surface area contributed by atoms with Crippen molar-refractivity contribution in [3.05, 3.63) is 68.4 Å². The number of ether oxygens (including phenoxy) is 1. The highest BCUT2D eigenvalue weighted by Crippen LogP contribution is 2.31. The van der Waals surface area contributed by atoms with E-state index in [1.54, 1.807) is 36.4 Å². The number of carbonyl (C=O) groups is 2. The van der Waals surface area contributed by atoms with Gasteiger partial charge in [0, 0.05) is 17.1 Å². The highest BCUT2D eigenvalue weighted by molar-refractivity contribution is 6.36. The number of amides is 2. The second kappa shape index (κ2) is 9.51. The number of carbonyl (C=O) groups excluding carboxylic acids is 2. The maximum Gasteiger partial charge on any atom is 0.258 e. The van der Waals surface area contributed by atoms with E-state index in [1.165, 1.54) is 6.07 Å². The van der Waals surface area contributed by atoms with Gasteiger partial charge in [-0.3, -0.25) is 19.4 Å². The number of fused-ring (bicyclic) bond motifs is 1. The van der Waals surface area contributed by atoms with Gasteiger partial charge in [-0.1, -0.05) is 23.2 Å². The molecule has 9 nitrogen and oxygen atoms in total. The number of nitrogens with one attached hydrogen (secondary N) is 4. The smallest absolute Gasteiger partial charge is 0.258 e. The summed E-state index contributed by atoms with van der Waals surface area (Å²) in [6.45, 7) is 2.40. The molecule has 0 saturated carbocycles. The Morgan fingerprint density at radius 1 is 1.18 bits per heavy atom. The number of H-pyrrole nitrogens is 1. The van der Waals surface area contributed by atoms with Crippen LogP contribution in [0, 0.1) is 0 Å². The van der Waals surface area contributed by atoms with Gasteiger partial charge in [0.2, 0.25) is 17.8 Å². The summed E-state index contributed by atoms with van der Waals surface area (Å²) < 4.78 is 5.39. The third-order valence-electron chi connectivity index (χ3n) is 4.88. The normalized spacial score (nSPS) is 14.8. The van der Waals surface area contributed by atoms with E-state index in [2.05, 4.69) is 25.9 Å². The maximum absolute atomic E-state index is 12.9. The fourth-order valence-electron chi connectivity index (χ4n) is 3.40. The lowest BCUT2D eigenvalue weighted by atomic mass is 9.92. The molecule has 1 atom stereocenters. The highest BCUT2D eigenvalue weighted by atomic mass is 35.5. The zero-order chi connectivity index (χ0) is 23.5. The molecule has 2 aromatic carbocycles. The molecule has 2 amide bonds. The second-order valence-corrected chi connectivity index (χ2v) is 8.02. The molecule has 3 aromatic rings. The van der Waals surface area contributed by atoms with E-state index in [-0.39, 0.29) is 23.8 Å². The first-order valence-electron chi connectivity index (χ1n) is 10.0. The quantitative estimate of drug-likeness (QED) is 0.411. The summed E-state index contributed by atoms with van der Waals surface area (Å²) in [6, 6.07) is 11.6. The van der Waals surface area contributed by atoms with Crippen LogP contribution in [0.1, 0.15) is 24.8 Å². The molecule has 1 aromatic heterocycles. The first-order chi connectivity index (χ1) is 15.8. The Morgan fingerprint density at radius 2 is 1.94 bits per heavy atom. The van der Waals surface area contributed by atoms with Gasteiger partial charge in [0.25, 0.3) is 5.56 Å². The van der Waals surface area contributed by atoms with E-state index in [0.717, 1.165) is 0 Å². The average molecular weight is 488 g/mol. The molecule has 1 aliphatic rings. The zero-order valence-electron chi connectivity index (χ0n) is 17.4. The lowest BCUT2D eigenvalue weighted by molar-refractivity contribution is -0.123. The summed E-state index contributed by atoms with van der Waals surface area (Å²) in [5, 5.41) is 8.95. The average Bonchev–Trinajstić information content (AvgIpc) is 2.76. The topological polar surface area (TPSA) is 125 Å². The van der Waals surface area contributed by atoms with Crippen LogP contribution < -0.4 is 26.2 Å². The van der Waals surface area contributed by atoms with Crippen molar-refractivity contribution in [3.63, 3.8) is 0 Å². The summed E-state index contributed by atoms with van der Waals surface area (Å²) >= 11 is 12.1. The van der Waals surface area contributed by atoms with Gasteiger partial charge < -0.3 is 20.7 Å². The van der Waals surface area contributed by atoms with E-state index >= 15 is 0 Å². The van der Waals surface area contributed by atoms with Crippen molar-refractivity contribution in [1.29, 1.82) is 0 Å². The Morgan fingerprint density at radius 3 is 2.64 bits per heavy atom. The van der Waals surface area contributed by atoms with Crippen LogP contribution in [0.4, 0.5) is 23.1 Å². The zero-order valence-corrected chi connectivity index (χ0v) is 18.9. The largest absolute Gasteiger partial charge is 0.494 e. The number of halogens is 2. The molecular formula is C22H19Cl2N5O4. The Labute approximate surface area is 198 Å². The summed E-state index contributed by atoms with van der Waals surface area (Å²) in [6.07, 6.45) is -0.184. The highest BCUT2D eigenvalue weighted by Gasteiger charge is 2.34. The van der Waals surface area contributed by atoms with Crippen LogP contribution in [-0.2, 0) is 9.59 Å². The number of nitrogens with zero attached hydrogens (tertiary/aromatic N) is 1. The molecule has 1 aliphatic heterocycles. The number of aromatic amines is 1. The fraction of sp³-hybridized carbons (Fsp3) is 0.182. The molecule has 0 bridgehead atoms. The number of aromatic nitrogens is 2. The fourth-order valence-corrected chi connectivity index (χ4v) is 3.86. The number of anilines is 4. The Hall–Kier alpha value is -3.56. The molecule has 4 rings (SSSR count). The van der Waals surface area contributed by atoms with Crippen LogP contribution in [0.3, 0.4) is 0 Å². The van der Waals surface area contributed by atoms with Crippen LogP contribution in [0.25, 0.3) is 0 Å². The predicted octanol–water partition coefficient (Wildman–Crippen LogP) is 4.28. The van der Waals surface area contributed by atoms with Crippen LogP contribution >= 0.6 is 23.2 Å². The number of hydrogen-bond acceptors (Lipinski definition) is 6. The number of benzene rings is 2. The molecule has 0 saturated heterocycles. The summed E-state index contributed by atoms with van der Waals surface area (Å²) in [4.78, 5) is 44.9. The monoisotopic (exact) mass is 487 g/mol. The van der Waals surface area contributed by atoms with Crippen molar-refractivity contribution in [2.75, 3.05) is 22.6 Å². The molecule has 170 valence electrons. The van der Waals surface area contributed by atoms with E-state index in [1.807, 2.05) is 6.92 Å². The van der Waals surface area contributed by atoms with Crippen molar-refractivity contribution in [2.24, 2.45) is 0 Å². The van der Waals surface area contributed by atoms with Gasteiger partial charge in [0.15, 0.2) is 0 Å². The van der Waals surface area contributed by atoms with Gasteiger partial charge in [0.05, 0.1) is 28.8 Å². The summed E-state index contributed by atoms with van der Waals surface area (Å²) in [5.41, 5.74) is 0.484. The van der Waals surface area contributed by atoms with Gasteiger partial charge in [-0.2, -0.15) is 4.98 Å². The maximum atomic E-state index is 12.9. The first-order valence-corrected chi connectivity index (χ1v) is 10.8. The van der Waals surface area contributed by atoms with E-state index < -0.39 is 23.3 Å². The SMILES string of the molecule is CCOc1ccc(NC(=O)C2CC(=O)Nc3nc(Nc4ccc(Cl)cc4Cl)[nH]c(=O)c32)cc1. The molecule has 4 N–H and O–H groups in total. The van der Waals surface area contributed by atoms with Gasteiger partial charge in [-0.15, -0.1) is 0 Å². The standard InChI is InChI=1S/C22H19Cl2N5O4/c1-2-33-13-6-4-12(5-7-13)25-20(31)14-10-17(30)27-19-18(14)21(32)29-22(28-19)26-16-8-3-11(23)9-15(16)24/h3-9,14H,2,10H2,1H3,(H,25,31)(H3,26,27,28,29,30,32). The number of rotatable bonds is 6. The Balaban J connectivity index is 1.59. The molecule has 0 spiro atoms. The molecule has 0 radical (unpaired) electrons. The van der Waals surface area contributed by atoms with Crippen molar-refractivity contribution >= 4 is 58.2 Å². The van der Waals surface area contributed by atoms with E-state index in [9.17, 15) is 14.4 Å². The summed E-state index contributed by atoms with van der Waals surface area (Å²) in [7, 11) is 0. The minimum Gasteiger partial charge on any atom is -0.494 e. The van der Waals surface area contributed by atoms with Crippen molar-refractivity contribution in [3.8, 4) is 5.75 Å².